The number of nitrogens with zero attached hydrogens (tertiary/aromatic N) is 2. The van der Waals surface area contributed by atoms with Crippen molar-refractivity contribution in [2.45, 2.75) is 12.5 Å². The predicted octanol–water partition coefficient (Wildman–Crippen LogP) is -0.383. The van der Waals surface area contributed by atoms with E-state index in [1.807, 2.05) is 0 Å². The van der Waals surface area contributed by atoms with Crippen molar-refractivity contribution in [2.24, 2.45) is 0 Å². The molecule has 1 amide bonds. The quantitative estimate of drug-likeness (QED) is 0.620. The van der Waals surface area contributed by atoms with Gasteiger partial charge in [-0.15, -0.1) is 0 Å². The molecule has 0 spiro atoms. The standard InChI is InChI=1S/C8H11N3O2/c12-7-1-2-11(5-7)8(13)6-3-9-10-4-6/h3-4,7,12H,1-2,5H2,(H,9,10)/t7-/m1/s1. The molecule has 1 atom stereocenters. The van der Waals surface area contributed by atoms with Crippen molar-refractivity contribution in [3.05, 3.63) is 18.0 Å². The Kier molecular flexibility index (Phi) is 2.02. The van der Waals surface area contributed by atoms with E-state index in [9.17, 15) is 9.90 Å². The summed E-state index contributed by atoms with van der Waals surface area (Å²) in [5.41, 5.74) is 0.550. The van der Waals surface area contributed by atoms with E-state index in [0.29, 0.717) is 25.1 Å². The summed E-state index contributed by atoms with van der Waals surface area (Å²) in [6, 6.07) is 0. The number of aromatic nitrogens is 2. The van der Waals surface area contributed by atoms with Crippen LogP contribution in [0.4, 0.5) is 0 Å². The van der Waals surface area contributed by atoms with Crippen LogP contribution >= 0.6 is 0 Å². The second kappa shape index (κ2) is 3.18. The number of aromatic amines is 1. The largest absolute Gasteiger partial charge is 0.391 e. The zero-order valence-electron chi connectivity index (χ0n) is 7.10. The number of nitrogens with one attached hydrogen (secondary N) is 1. The van der Waals surface area contributed by atoms with Gasteiger partial charge in [-0.3, -0.25) is 9.89 Å². The summed E-state index contributed by atoms with van der Waals surface area (Å²) in [6.07, 6.45) is 3.36. The summed E-state index contributed by atoms with van der Waals surface area (Å²) in [5, 5.41) is 15.5. The molecule has 2 rings (SSSR count). The number of aliphatic hydroxyl groups is 1. The van der Waals surface area contributed by atoms with Crippen LogP contribution in [0.3, 0.4) is 0 Å². The highest BCUT2D eigenvalue weighted by Crippen LogP contribution is 2.12. The molecule has 2 N–H and O–H groups in total. The predicted molar refractivity (Wildman–Crippen MR) is 45.1 cm³/mol. The van der Waals surface area contributed by atoms with Gasteiger partial charge in [0, 0.05) is 19.3 Å². The molecule has 70 valence electrons. The molecule has 1 aromatic rings. The molecule has 1 fully saturated rings. The number of aliphatic hydroxyl groups excluding tert-OH is 1. The summed E-state index contributed by atoms with van der Waals surface area (Å²) in [5.74, 6) is -0.0645. The third kappa shape index (κ3) is 1.55. The summed E-state index contributed by atoms with van der Waals surface area (Å²) < 4.78 is 0. The van der Waals surface area contributed by atoms with Gasteiger partial charge in [-0.1, -0.05) is 0 Å². The van der Waals surface area contributed by atoms with Crippen LogP contribution in [0.2, 0.25) is 0 Å². The summed E-state index contributed by atoms with van der Waals surface area (Å²) >= 11 is 0. The van der Waals surface area contributed by atoms with E-state index in [1.165, 1.54) is 6.20 Å². The lowest BCUT2D eigenvalue weighted by molar-refractivity contribution is 0.0765. The molecule has 2 heterocycles. The van der Waals surface area contributed by atoms with Gasteiger partial charge in [-0.2, -0.15) is 5.10 Å². The molecule has 0 aromatic carbocycles. The first-order valence-corrected chi connectivity index (χ1v) is 4.23. The Bertz CT molecular complexity index is 296. The first-order chi connectivity index (χ1) is 6.27. The molecule has 0 saturated carbocycles. The SMILES string of the molecule is O=C(c1cn[nH]c1)N1CC[C@@H](O)C1. The maximum atomic E-state index is 11.6. The fraction of sp³-hybridized carbons (Fsp3) is 0.500. The van der Waals surface area contributed by atoms with Crippen LogP contribution in [0.25, 0.3) is 0 Å². The zero-order chi connectivity index (χ0) is 9.26. The van der Waals surface area contributed by atoms with E-state index in [4.69, 9.17) is 0 Å². The van der Waals surface area contributed by atoms with E-state index < -0.39 is 0 Å². The summed E-state index contributed by atoms with van der Waals surface area (Å²) in [6.45, 7) is 1.06. The van der Waals surface area contributed by atoms with Crippen molar-refractivity contribution in [3.63, 3.8) is 0 Å². The van der Waals surface area contributed by atoms with Crippen molar-refractivity contribution < 1.29 is 9.90 Å². The average Bonchev–Trinajstić information content (AvgIpc) is 2.72. The number of likely N-dealkylation sites (tertiary alicyclic amines) is 1. The van der Waals surface area contributed by atoms with Crippen LogP contribution in [0.1, 0.15) is 16.8 Å². The first-order valence-electron chi connectivity index (χ1n) is 4.23. The molecule has 5 heteroatoms. The number of rotatable bonds is 1. The Balaban J connectivity index is 2.06. The van der Waals surface area contributed by atoms with Gasteiger partial charge in [0.25, 0.3) is 5.91 Å². The molecule has 0 unspecified atom stereocenters. The molecular formula is C8H11N3O2. The molecule has 1 saturated heterocycles. The number of H-pyrrole nitrogens is 1. The van der Waals surface area contributed by atoms with Crippen molar-refractivity contribution in [3.8, 4) is 0 Å². The van der Waals surface area contributed by atoms with Crippen LogP contribution in [-0.4, -0.2) is 45.3 Å². The van der Waals surface area contributed by atoms with Gasteiger partial charge in [0.05, 0.1) is 17.9 Å². The van der Waals surface area contributed by atoms with E-state index in [0.717, 1.165) is 0 Å². The van der Waals surface area contributed by atoms with Gasteiger partial charge in [-0.05, 0) is 6.42 Å². The number of hydrogen-bond acceptors (Lipinski definition) is 3. The Morgan fingerprint density at radius 3 is 3.15 bits per heavy atom. The fourth-order valence-corrected chi connectivity index (χ4v) is 1.48. The molecule has 1 aliphatic rings. The minimum absolute atomic E-state index is 0.0645. The van der Waals surface area contributed by atoms with Crippen LogP contribution < -0.4 is 0 Å². The monoisotopic (exact) mass is 181 g/mol. The molecule has 0 aliphatic carbocycles. The van der Waals surface area contributed by atoms with Crippen molar-refractivity contribution in [2.75, 3.05) is 13.1 Å². The first kappa shape index (κ1) is 8.25. The Morgan fingerprint density at radius 1 is 1.77 bits per heavy atom. The maximum absolute atomic E-state index is 11.6. The minimum Gasteiger partial charge on any atom is -0.391 e. The molecule has 13 heavy (non-hydrogen) atoms. The smallest absolute Gasteiger partial charge is 0.257 e. The van der Waals surface area contributed by atoms with Gasteiger partial charge in [0.1, 0.15) is 0 Å². The van der Waals surface area contributed by atoms with Gasteiger partial charge >= 0.3 is 0 Å². The van der Waals surface area contributed by atoms with E-state index in [1.54, 1.807) is 11.1 Å². The number of amides is 1. The fourth-order valence-electron chi connectivity index (χ4n) is 1.48. The zero-order valence-corrected chi connectivity index (χ0v) is 7.10. The normalized spacial score (nSPS) is 22.2. The Labute approximate surface area is 75.4 Å². The number of carbonyl (C=O) groups excluding carboxylic acids is 1. The van der Waals surface area contributed by atoms with Crippen molar-refractivity contribution in [1.82, 2.24) is 15.1 Å². The second-order valence-corrected chi connectivity index (χ2v) is 3.18. The third-order valence-corrected chi connectivity index (χ3v) is 2.20. The molecule has 1 aliphatic heterocycles. The highest BCUT2D eigenvalue weighted by Gasteiger charge is 2.25. The highest BCUT2D eigenvalue weighted by molar-refractivity contribution is 5.93. The number of hydrogen-bond donors (Lipinski definition) is 2. The molecular weight excluding hydrogens is 170 g/mol. The second-order valence-electron chi connectivity index (χ2n) is 3.18. The lowest BCUT2D eigenvalue weighted by atomic mass is 10.3. The van der Waals surface area contributed by atoms with E-state index >= 15 is 0 Å². The van der Waals surface area contributed by atoms with Crippen LogP contribution in [0.5, 0.6) is 0 Å². The summed E-state index contributed by atoms with van der Waals surface area (Å²) in [4.78, 5) is 13.2. The topological polar surface area (TPSA) is 69.2 Å². The van der Waals surface area contributed by atoms with Gasteiger partial charge in [-0.25, -0.2) is 0 Å². The van der Waals surface area contributed by atoms with Crippen molar-refractivity contribution in [1.29, 1.82) is 0 Å². The van der Waals surface area contributed by atoms with Crippen molar-refractivity contribution >= 4 is 5.91 Å². The number of β-amino-alcohol motifs (C(OH)–C–C–N with tert-alkyl or cyclic N) is 1. The van der Waals surface area contributed by atoms with Gasteiger partial charge in [0.2, 0.25) is 0 Å². The highest BCUT2D eigenvalue weighted by atomic mass is 16.3. The van der Waals surface area contributed by atoms with Crippen LogP contribution in [0.15, 0.2) is 12.4 Å². The van der Waals surface area contributed by atoms with Gasteiger partial charge in [0.15, 0.2) is 0 Å². The lowest BCUT2D eigenvalue weighted by Gasteiger charge is -2.13. The lowest BCUT2D eigenvalue weighted by Crippen LogP contribution is -2.29. The van der Waals surface area contributed by atoms with E-state index in [2.05, 4.69) is 10.2 Å². The Morgan fingerprint density at radius 2 is 2.62 bits per heavy atom. The number of carbonyl (C=O) groups is 1. The molecule has 0 radical (unpaired) electrons. The molecule has 5 nitrogen and oxygen atoms in total. The molecule has 0 bridgehead atoms. The van der Waals surface area contributed by atoms with Crippen LogP contribution in [-0.2, 0) is 0 Å². The van der Waals surface area contributed by atoms with Crippen LogP contribution in [0, 0.1) is 0 Å². The minimum atomic E-state index is -0.365. The Hall–Kier alpha value is -1.36. The maximum Gasteiger partial charge on any atom is 0.257 e. The molecule has 1 aromatic heterocycles. The average molecular weight is 181 g/mol. The third-order valence-electron chi connectivity index (χ3n) is 2.20. The van der Waals surface area contributed by atoms with Gasteiger partial charge < -0.3 is 10.0 Å². The van der Waals surface area contributed by atoms with E-state index in [-0.39, 0.29) is 12.0 Å². The summed E-state index contributed by atoms with van der Waals surface area (Å²) in [7, 11) is 0.